The number of aliphatic carboxylic acids is 1. The average Bonchev–Trinajstić information content (AvgIpc) is 3.41. The van der Waals surface area contributed by atoms with Crippen LogP contribution in [0, 0.1) is 11.3 Å². The van der Waals surface area contributed by atoms with Crippen LogP contribution in [0.5, 0.6) is 5.88 Å². The summed E-state index contributed by atoms with van der Waals surface area (Å²) >= 11 is 0. The van der Waals surface area contributed by atoms with Crippen LogP contribution >= 0.6 is 0 Å². The van der Waals surface area contributed by atoms with Gasteiger partial charge in [-0.25, -0.2) is 22.5 Å². The summed E-state index contributed by atoms with van der Waals surface area (Å²) in [6, 6.07) is 5.43. The lowest BCUT2D eigenvalue weighted by atomic mass is 9.77. The minimum atomic E-state index is -5.08. The number of rotatable bonds is 5. The maximum Gasteiger partial charge on any atom is 0.490 e. The molecule has 3 aliphatic rings. The standard InChI is InChI=1S/C16H21N3O4S.C2HF3O2/c20-15-16(6-8-19(11-16)24(21,22)13-4-5-13)12(9-18-15)10-23-14-3-1-2-7-17-14;3-2(4,5)1(6)7/h1-3,7,12-13H,4-6,8-11H2,(H,18,20);(H,6,7)/t12-,16+;/m0./s1. The summed E-state index contributed by atoms with van der Waals surface area (Å²) in [6.45, 7) is 1.57. The highest BCUT2D eigenvalue weighted by Crippen LogP contribution is 2.44. The largest absolute Gasteiger partial charge is 0.490 e. The minimum Gasteiger partial charge on any atom is -0.477 e. The molecule has 9 nitrogen and oxygen atoms in total. The van der Waals surface area contributed by atoms with Crippen molar-refractivity contribution in [1.29, 1.82) is 0 Å². The van der Waals surface area contributed by atoms with Gasteiger partial charge in [-0.3, -0.25) is 4.79 Å². The summed E-state index contributed by atoms with van der Waals surface area (Å²) in [5, 5.41) is 9.78. The van der Waals surface area contributed by atoms with E-state index in [2.05, 4.69) is 10.3 Å². The maximum atomic E-state index is 12.5. The van der Waals surface area contributed by atoms with Crippen LogP contribution in [0.25, 0.3) is 0 Å². The van der Waals surface area contributed by atoms with Crippen LogP contribution in [0.4, 0.5) is 13.2 Å². The summed E-state index contributed by atoms with van der Waals surface area (Å²) in [7, 11) is -3.24. The van der Waals surface area contributed by atoms with Gasteiger partial charge in [-0.2, -0.15) is 13.2 Å². The second-order valence-electron chi connectivity index (χ2n) is 7.67. The van der Waals surface area contributed by atoms with Crippen LogP contribution in [-0.2, 0) is 19.6 Å². The number of nitrogens with one attached hydrogen (secondary N) is 1. The molecule has 1 saturated carbocycles. The molecule has 1 spiro atoms. The van der Waals surface area contributed by atoms with E-state index in [0.717, 1.165) is 12.8 Å². The number of aromatic nitrogens is 1. The molecule has 2 saturated heterocycles. The molecule has 13 heteroatoms. The summed E-state index contributed by atoms with van der Waals surface area (Å²) < 4.78 is 63.9. The predicted molar refractivity (Wildman–Crippen MR) is 100 cm³/mol. The highest BCUT2D eigenvalue weighted by Gasteiger charge is 2.57. The first-order chi connectivity index (χ1) is 14.5. The number of nitrogens with zero attached hydrogens (tertiary/aromatic N) is 2. The molecule has 0 aromatic carbocycles. The number of carbonyl (C=O) groups excluding carboxylic acids is 1. The maximum absolute atomic E-state index is 12.5. The Bertz CT molecular complexity index is 923. The van der Waals surface area contributed by atoms with Crippen LogP contribution in [0.1, 0.15) is 19.3 Å². The van der Waals surface area contributed by atoms with Gasteiger partial charge in [-0.05, 0) is 25.3 Å². The lowest BCUT2D eigenvalue weighted by Crippen LogP contribution is -2.42. The average molecular weight is 465 g/mol. The monoisotopic (exact) mass is 465 g/mol. The molecule has 1 aromatic rings. The molecule has 172 valence electrons. The number of ether oxygens (including phenoxy) is 1. The first-order valence-corrected chi connectivity index (χ1v) is 11.1. The number of carbonyl (C=O) groups is 2. The van der Waals surface area contributed by atoms with E-state index in [1.807, 2.05) is 12.1 Å². The lowest BCUT2D eigenvalue weighted by Gasteiger charge is -2.27. The zero-order chi connectivity index (χ0) is 22.9. The molecule has 0 unspecified atom stereocenters. The van der Waals surface area contributed by atoms with Gasteiger partial charge < -0.3 is 15.2 Å². The van der Waals surface area contributed by atoms with Gasteiger partial charge in [0.25, 0.3) is 0 Å². The quantitative estimate of drug-likeness (QED) is 0.665. The Morgan fingerprint density at radius 1 is 1.35 bits per heavy atom. The Hall–Kier alpha value is -2.41. The van der Waals surface area contributed by atoms with Crippen LogP contribution in [0.15, 0.2) is 24.4 Å². The number of halogens is 3. The van der Waals surface area contributed by atoms with Gasteiger partial charge in [-0.15, -0.1) is 0 Å². The van der Waals surface area contributed by atoms with E-state index >= 15 is 0 Å². The van der Waals surface area contributed by atoms with Crippen molar-refractivity contribution < 1.29 is 41.0 Å². The summed E-state index contributed by atoms with van der Waals surface area (Å²) in [5.41, 5.74) is -0.670. The van der Waals surface area contributed by atoms with Crippen molar-refractivity contribution in [2.45, 2.75) is 30.7 Å². The Morgan fingerprint density at radius 2 is 2.03 bits per heavy atom. The fourth-order valence-corrected chi connectivity index (χ4v) is 5.63. The number of carboxylic acids is 1. The molecule has 2 N–H and O–H groups in total. The zero-order valence-corrected chi connectivity index (χ0v) is 17.2. The Kier molecular flexibility index (Phi) is 6.46. The van der Waals surface area contributed by atoms with Crippen molar-refractivity contribution in [3.8, 4) is 5.88 Å². The normalized spacial score (nSPS) is 26.3. The topological polar surface area (TPSA) is 126 Å². The van der Waals surface area contributed by atoms with Crippen LogP contribution in [0.3, 0.4) is 0 Å². The zero-order valence-electron chi connectivity index (χ0n) is 16.3. The minimum absolute atomic E-state index is 0.0496. The van der Waals surface area contributed by atoms with Crippen LogP contribution < -0.4 is 10.1 Å². The number of alkyl halides is 3. The molecule has 4 rings (SSSR count). The molecule has 31 heavy (non-hydrogen) atoms. The van der Waals surface area contributed by atoms with E-state index in [1.54, 1.807) is 12.3 Å². The lowest BCUT2D eigenvalue weighted by molar-refractivity contribution is -0.192. The van der Waals surface area contributed by atoms with E-state index < -0.39 is 27.6 Å². The van der Waals surface area contributed by atoms with Crippen LogP contribution in [-0.4, -0.2) is 72.4 Å². The van der Waals surface area contributed by atoms with Crippen LogP contribution in [0.2, 0.25) is 0 Å². The number of hydrogen-bond donors (Lipinski definition) is 2. The molecule has 1 aromatic heterocycles. The molecule has 2 aliphatic heterocycles. The second kappa shape index (κ2) is 8.61. The van der Waals surface area contributed by atoms with Gasteiger partial charge in [0.2, 0.25) is 21.8 Å². The van der Waals surface area contributed by atoms with Gasteiger partial charge in [0.1, 0.15) is 0 Å². The molecule has 3 heterocycles. The first-order valence-electron chi connectivity index (χ1n) is 9.58. The molecular formula is C18H22F3N3O6S. The second-order valence-corrected chi connectivity index (χ2v) is 9.89. The molecule has 1 amide bonds. The van der Waals surface area contributed by atoms with Gasteiger partial charge >= 0.3 is 12.1 Å². The number of hydrogen-bond acceptors (Lipinski definition) is 6. The van der Waals surface area contributed by atoms with Crippen molar-refractivity contribution in [3.63, 3.8) is 0 Å². The van der Waals surface area contributed by atoms with Crippen molar-refractivity contribution in [2.24, 2.45) is 11.3 Å². The Morgan fingerprint density at radius 3 is 2.58 bits per heavy atom. The third-order valence-electron chi connectivity index (χ3n) is 5.63. The molecule has 0 radical (unpaired) electrons. The smallest absolute Gasteiger partial charge is 0.477 e. The predicted octanol–water partition coefficient (Wildman–Crippen LogP) is 1.02. The molecule has 1 aliphatic carbocycles. The number of pyridine rings is 1. The molecular weight excluding hydrogens is 443 g/mol. The van der Waals surface area contributed by atoms with E-state index in [4.69, 9.17) is 14.6 Å². The van der Waals surface area contributed by atoms with E-state index in [0.29, 0.717) is 32.0 Å². The van der Waals surface area contributed by atoms with Gasteiger partial charge in [0.05, 0.1) is 17.3 Å². The summed E-state index contributed by atoms with van der Waals surface area (Å²) in [6.07, 6.45) is -1.39. The van der Waals surface area contributed by atoms with E-state index in [9.17, 15) is 26.4 Å². The van der Waals surface area contributed by atoms with Crippen molar-refractivity contribution in [2.75, 3.05) is 26.2 Å². The van der Waals surface area contributed by atoms with Crippen molar-refractivity contribution in [3.05, 3.63) is 24.4 Å². The van der Waals surface area contributed by atoms with Crippen molar-refractivity contribution >= 4 is 21.9 Å². The fourth-order valence-electron chi connectivity index (χ4n) is 3.72. The van der Waals surface area contributed by atoms with Gasteiger partial charge in [-0.1, -0.05) is 6.07 Å². The van der Waals surface area contributed by atoms with Crippen molar-refractivity contribution in [1.82, 2.24) is 14.6 Å². The fraction of sp³-hybridized carbons (Fsp3) is 0.611. The molecule has 0 bridgehead atoms. The van der Waals surface area contributed by atoms with E-state index in [1.165, 1.54) is 4.31 Å². The third-order valence-corrected chi connectivity index (χ3v) is 7.97. The number of carboxylic acid groups (broad SMARTS) is 1. The summed E-state index contributed by atoms with van der Waals surface area (Å²) in [5.74, 6) is -2.34. The SMILES string of the molecule is O=C(O)C(F)(F)F.O=C1NC[C@@H](COc2ccccn2)[C@]12CCN(S(=O)(=O)C1CC1)C2. The Balaban J connectivity index is 0.000000339. The van der Waals surface area contributed by atoms with E-state index in [-0.39, 0.29) is 23.6 Å². The van der Waals surface area contributed by atoms with Gasteiger partial charge in [0.15, 0.2) is 0 Å². The third kappa shape index (κ3) is 5.09. The first kappa shape index (κ1) is 23.3. The molecule has 3 fully saturated rings. The highest BCUT2D eigenvalue weighted by molar-refractivity contribution is 7.90. The number of amides is 1. The highest BCUT2D eigenvalue weighted by atomic mass is 32.2. The summed E-state index contributed by atoms with van der Waals surface area (Å²) in [4.78, 5) is 25.5. The molecule has 2 atom stereocenters. The number of sulfonamides is 1. The van der Waals surface area contributed by atoms with Gasteiger partial charge in [0, 0.05) is 37.8 Å². The Labute approximate surface area is 176 Å².